The summed E-state index contributed by atoms with van der Waals surface area (Å²) in [6.45, 7) is 5.17. The van der Waals surface area contributed by atoms with E-state index in [2.05, 4.69) is 30.1 Å². The number of carbonyl (C=O) groups is 1. The third-order valence-electron chi connectivity index (χ3n) is 6.29. The summed E-state index contributed by atoms with van der Waals surface area (Å²) in [4.78, 5) is 16.3. The quantitative estimate of drug-likeness (QED) is 0.412. The summed E-state index contributed by atoms with van der Waals surface area (Å²) in [7, 11) is 1.36. The van der Waals surface area contributed by atoms with Crippen LogP contribution in [-0.4, -0.2) is 29.8 Å². The summed E-state index contributed by atoms with van der Waals surface area (Å²) >= 11 is 0. The van der Waals surface area contributed by atoms with Crippen molar-refractivity contribution in [2.45, 2.75) is 57.8 Å². The highest BCUT2D eigenvalue weighted by atomic mass is 16.5. The van der Waals surface area contributed by atoms with E-state index in [9.17, 15) is 4.79 Å². The molecule has 0 spiro atoms. The van der Waals surface area contributed by atoms with Gasteiger partial charge in [-0.25, -0.2) is 4.79 Å². The van der Waals surface area contributed by atoms with Crippen molar-refractivity contribution in [1.29, 1.82) is 0 Å². The molecule has 0 amide bonds. The van der Waals surface area contributed by atoms with Gasteiger partial charge in [0.05, 0.1) is 19.3 Å². The summed E-state index contributed by atoms with van der Waals surface area (Å²) in [5, 5.41) is 4.22. The summed E-state index contributed by atoms with van der Waals surface area (Å²) in [6, 6.07) is 13.1. The fourth-order valence-corrected chi connectivity index (χ4v) is 4.40. The van der Waals surface area contributed by atoms with E-state index >= 15 is 0 Å². The lowest BCUT2D eigenvalue weighted by Crippen LogP contribution is -2.26. The molecule has 0 aliphatic heterocycles. The number of hydrogen-bond donors (Lipinski definition) is 0. The minimum atomic E-state index is -0.378. The Morgan fingerprint density at radius 2 is 1.78 bits per heavy atom. The third kappa shape index (κ3) is 4.54. The van der Waals surface area contributed by atoms with E-state index in [1.165, 1.54) is 31.9 Å². The number of hydrogen-bond acceptors (Lipinski definition) is 6. The van der Waals surface area contributed by atoms with Crippen molar-refractivity contribution < 1.29 is 18.8 Å². The monoisotopic (exact) mass is 434 g/mol. The third-order valence-corrected chi connectivity index (χ3v) is 6.29. The molecular weight excluding hydrogens is 404 g/mol. The molecule has 168 valence electrons. The first kappa shape index (κ1) is 22.1. The molecule has 0 atom stereocenters. The molecule has 1 fully saturated rings. The van der Waals surface area contributed by atoms with Crippen LogP contribution in [0, 0.1) is 0 Å². The molecule has 32 heavy (non-hydrogen) atoms. The molecule has 6 heteroatoms. The highest BCUT2D eigenvalue weighted by molar-refractivity contribution is 5.89. The molecule has 3 aromatic rings. The second kappa shape index (κ2) is 9.55. The van der Waals surface area contributed by atoms with E-state index in [4.69, 9.17) is 14.0 Å². The molecule has 1 saturated carbocycles. The average Bonchev–Trinajstić information content (AvgIpc) is 3.33. The van der Waals surface area contributed by atoms with Gasteiger partial charge in [-0.05, 0) is 67.1 Å². The van der Waals surface area contributed by atoms with Crippen LogP contribution >= 0.6 is 0 Å². The van der Waals surface area contributed by atoms with E-state index in [-0.39, 0.29) is 11.4 Å². The molecule has 1 aliphatic rings. The van der Waals surface area contributed by atoms with Gasteiger partial charge >= 0.3 is 5.97 Å². The van der Waals surface area contributed by atoms with E-state index in [1.54, 1.807) is 24.3 Å². The summed E-state index contributed by atoms with van der Waals surface area (Å²) in [5.41, 5.74) is 3.46. The van der Waals surface area contributed by atoms with Crippen molar-refractivity contribution in [3.63, 3.8) is 0 Å². The predicted molar refractivity (Wildman–Crippen MR) is 123 cm³/mol. The number of aromatic nitrogens is 2. The van der Waals surface area contributed by atoms with Crippen molar-refractivity contribution in [3.05, 3.63) is 53.6 Å². The first-order valence-electron chi connectivity index (χ1n) is 11.3. The number of esters is 1. The number of benzene rings is 2. The Balaban J connectivity index is 1.64. The minimum absolute atomic E-state index is 0.0909. The molecule has 0 radical (unpaired) electrons. The van der Waals surface area contributed by atoms with Crippen LogP contribution in [-0.2, 0) is 10.2 Å². The maximum absolute atomic E-state index is 11.6. The van der Waals surface area contributed by atoms with E-state index in [0.29, 0.717) is 23.9 Å². The molecule has 1 aromatic heterocycles. The van der Waals surface area contributed by atoms with Crippen LogP contribution < -0.4 is 4.74 Å². The first-order chi connectivity index (χ1) is 15.5. The van der Waals surface area contributed by atoms with Gasteiger partial charge in [-0.3, -0.25) is 0 Å². The van der Waals surface area contributed by atoms with Gasteiger partial charge < -0.3 is 14.0 Å². The lowest BCUT2D eigenvalue weighted by Gasteiger charge is -2.35. The summed E-state index contributed by atoms with van der Waals surface area (Å²) in [6.07, 6.45) is 7.06. The van der Waals surface area contributed by atoms with Gasteiger partial charge in [0.2, 0.25) is 5.82 Å². The molecule has 0 unspecified atom stereocenters. The molecule has 4 rings (SSSR count). The maximum Gasteiger partial charge on any atom is 0.337 e. The lowest BCUT2D eigenvalue weighted by molar-refractivity contribution is 0.0600. The van der Waals surface area contributed by atoms with Gasteiger partial charge in [0, 0.05) is 16.7 Å². The van der Waals surface area contributed by atoms with Crippen molar-refractivity contribution >= 4 is 5.97 Å². The average molecular weight is 435 g/mol. The molecule has 0 N–H and O–H groups in total. The number of methoxy groups -OCH3 is 1. The smallest absolute Gasteiger partial charge is 0.337 e. The van der Waals surface area contributed by atoms with Crippen molar-refractivity contribution in [2.24, 2.45) is 0 Å². The van der Waals surface area contributed by atoms with Crippen LogP contribution in [0.3, 0.4) is 0 Å². The molecule has 0 saturated heterocycles. The van der Waals surface area contributed by atoms with E-state index in [0.717, 1.165) is 36.1 Å². The Bertz CT molecular complexity index is 1070. The van der Waals surface area contributed by atoms with Gasteiger partial charge in [0.1, 0.15) is 5.75 Å². The number of ether oxygens (including phenoxy) is 2. The van der Waals surface area contributed by atoms with Crippen molar-refractivity contribution in [2.75, 3.05) is 13.7 Å². The molecule has 1 aliphatic carbocycles. The van der Waals surface area contributed by atoms with Gasteiger partial charge in [-0.2, -0.15) is 4.98 Å². The Labute approximate surface area is 188 Å². The van der Waals surface area contributed by atoms with Gasteiger partial charge in [-0.1, -0.05) is 38.3 Å². The second-order valence-electron chi connectivity index (χ2n) is 8.67. The van der Waals surface area contributed by atoms with Crippen LogP contribution in [0.4, 0.5) is 0 Å². The Hall–Kier alpha value is -3.15. The van der Waals surface area contributed by atoms with Crippen LogP contribution in [0.2, 0.25) is 0 Å². The van der Waals surface area contributed by atoms with E-state index in [1.807, 2.05) is 12.1 Å². The first-order valence-corrected chi connectivity index (χ1v) is 11.3. The topological polar surface area (TPSA) is 74.5 Å². The van der Waals surface area contributed by atoms with Gasteiger partial charge in [-0.15, -0.1) is 0 Å². The lowest BCUT2D eigenvalue weighted by atomic mass is 9.70. The molecule has 1 heterocycles. The fourth-order valence-electron chi connectivity index (χ4n) is 4.40. The standard InChI is InChI=1S/C26H30N2O4/c1-4-16-31-22-13-12-20(17-21(22)26(2)14-6-5-7-15-26)23-27-24(32-28-23)18-8-10-19(11-9-18)25(29)30-3/h8-13,17H,4-7,14-16H2,1-3H3. The molecule has 6 nitrogen and oxygen atoms in total. The minimum Gasteiger partial charge on any atom is -0.493 e. The van der Waals surface area contributed by atoms with Gasteiger partial charge in [0.15, 0.2) is 0 Å². The zero-order valence-corrected chi connectivity index (χ0v) is 19.0. The molecular formula is C26H30N2O4. The number of carbonyl (C=O) groups excluding carboxylic acids is 1. The largest absolute Gasteiger partial charge is 0.493 e. The van der Waals surface area contributed by atoms with Crippen molar-refractivity contribution in [1.82, 2.24) is 10.1 Å². The maximum atomic E-state index is 11.6. The highest BCUT2D eigenvalue weighted by Gasteiger charge is 2.32. The van der Waals surface area contributed by atoms with Crippen LogP contribution in [0.5, 0.6) is 5.75 Å². The van der Waals surface area contributed by atoms with Crippen LogP contribution in [0.15, 0.2) is 47.0 Å². The molecule has 2 aromatic carbocycles. The zero-order chi connectivity index (χ0) is 22.6. The summed E-state index contributed by atoms with van der Waals surface area (Å²) < 4.78 is 16.4. The SMILES string of the molecule is CCCOc1ccc(-c2noc(-c3ccc(C(=O)OC)cc3)n2)cc1C1(C)CCCCC1. The Morgan fingerprint density at radius 1 is 1.06 bits per heavy atom. The second-order valence-corrected chi connectivity index (χ2v) is 8.67. The Morgan fingerprint density at radius 3 is 2.47 bits per heavy atom. The number of nitrogens with zero attached hydrogens (tertiary/aromatic N) is 2. The van der Waals surface area contributed by atoms with Gasteiger partial charge in [0.25, 0.3) is 5.89 Å². The highest BCUT2D eigenvalue weighted by Crippen LogP contribution is 2.44. The summed E-state index contributed by atoms with van der Waals surface area (Å²) in [5.74, 6) is 1.53. The number of rotatable bonds is 7. The normalized spacial score (nSPS) is 15.3. The Kier molecular flexibility index (Phi) is 6.58. The molecule has 0 bridgehead atoms. The predicted octanol–water partition coefficient (Wildman–Crippen LogP) is 6.20. The zero-order valence-electron chi connectivity index (χ0n) is 19.0. The van der Waals surface area contributed by atoms with Crippen LogP contribution in [0.25, 0.3) is 22.8 Å². The van der Waals surface area contributed by atoms with Crippen LogP contribution in [0.1, 0.15) is 68.3 Å². The fraction of sp³-hybridized carbons (Fsp3) is 0.423. The van der Waals surface area contributed by atoms with E-state index < -0.39 is 0 Å². The van der Waals surface area contributed by atoms with Crippen molar-refractivity contribution in [3.8, 4) is 28.6 Å².